The summed E-state index contributed by atoms with van der Waals surface area (Å²) >= 11 is 0. The van der Waals surface area contributed by atoms with Gasteiger partial charge in [-0.3, -0.25) is 14.6 Å². The van der Waals surface area contributed by atoms with E-state index in [0.29, 0.717) is 22.5 Å². The first-order valence-corrected chi connectivity index (χ1v) is 7.72. The fourth-order valence-electron chi connectivity index (χ4n) is 3.50. The molecule has 0 saturated heterocycles. The average molecular weight is 319 g/mol. The van der Waals surface area contributed by atoms with Crippen LogP contribution in [0.2, 0.25) is 0 Å². The van der Waals surface area contributed by atoms with Crippen LogP contribution >= 0.6 is 0 Å². The van der Waals surface area contributed by atoms with E-state index in [9.17, 15) is 9.59 Å². The quantitative estimate of drug-likeness (QED) is 0.923. The molecule has 2 atom stereocenters. The van der Waals surface area contributed by atoms with Crippen molar-refractivity contribution in [1.82, 2.24) is 4.98 Å². The first-order valence-electron chi connectivity index (χ1n) is 7.72. The van der Waals surface area contributed by atoms with Gasteiger partial charge in [0.2, 0.25) is 0 Å². The van der Waals surface area contributed by atoms with Crippen LogP contribution in [-0.4, -0.2) is 16.5 Å². The van der Waals surface area contributed by atoms with Crippen LogP contribution in [0, 0.1) is 24.2 Å². The number of H-pyrrole nitrogens is 1. The first-order chi connectivity index (χ1) is 11.4. The molecular formula is C19H17N3O2. The van der Waals surface area contributed by atoms with Crippen LogP contribution in [0.25, 0.3) is 0 Å². The summed E-state index contributed by atoms with van der Waals surface area (Å²) in [6, 6.07) is 9.20. The molecule has 2 aromatic rings. The number of nitriles is 1. The van der Waals surface area contributed by atoms with Crippen molar-refractivity contribution < 1.29 is 4.79 Å². The summed E-state index contributed by atoms with van der Waals surface area (Å²) in [5, 5.41) is 9.07. The SMILES string of the molecule is CC(=O)C1C(C)=Nc2cc[nH]c(=O)c2C1c1ccc(C#N)cc1C. The number of nitrogens with one attached hydrogen (secondary N) is 1. The number of nitrogens with zero attached hydrogens (tertiary/aromatic N) is 2. The summed E-state index contributed by atoms with van der Waals surface area (Å²) in [5.41, 5.74) is 3.89. The van der Waals surface area contributed by atoms with Crippen molar-refractivity contribution in [3.05, 3.63) is 63.1 Å². The lowest BCUT2D eigenvalue weighted by atomic mass is 9.73. The molecule has 5 nitrogen and oxygen atoms in total. The highest BCUT2D eigenvalue weighted by Gasteiger charge is 2.37. The summed E-state index contributed by atoms with van der Waals surface area (Å²) < 4.78 is 0. The van der Waals surface area contributed by atoms with Crippen molar-refractivity contribution in [2.45, 2.75) is 26.7 Å². The molecule has 2 heterocycles. The number of benzene rings is 1. The largest absolute Gasteiger partial charge is 0.329 e. The smallest absolute Gasteiger partial charge is 0.253 e. The molecular weight excluding hydrogens is 302 g/mol. The maximum absolute atomic E-state index is 12.5. The molecule has 1 aromatic heterocycles. The van der Waals surface area contributed by atoms with E-state index in [1.807, 2.05) is 19.9 Å². The maximum atomic E-state index is 12.5. The predicted octanol–water partition coefficient (Wildman–Crippen LogP) is 3.00. The van der Waals surface area contributed by atoms with E-state index in [0.717, 1.165) is 11.1 Å². The van der Waals surface area contributed by atoms with Gasteiger partial charge in [-0.15, -0.1) is 0 Å². The number of carbonyl (C=O) groups excluding carboxylic acids is 1. The molecule has 5 heteroatoms. The summed E-state index contributed by atoms with van der Waals surface area (Å²) in [5.74, 6) is -0.903. The zero-order valence-corrected chi connectivity index (χ0v) is 13.8. The summed E-state index contributed by atoms with van der Waals surface area (Å²) in [6.07, 6.45) is 1.56. The highest BCUT2D eigenvalue weighted by atomic mass is 16.1. The molecule has 0 amide bonds. The van der Waals surface area contributed by atoms with Crippen LogP contribution in [0.1, 0.15) is 42.0 Å². The number of aliphatic imine (C=N–C) groups is 1. The number of fused-ring (bicyclic) bond motifs is 1. The Balaban J connectivity index is 2.31. The number of rotatable bonds is 2. The van der Waals surface area contributed by atoms with Crippen LogP contribution in [0.4, 0.5) is 5.69 Å². The third kappa shape index (κ3) is 2.46. The molecule has 2 unspecified atom stereocenters. The van der Waals surface area contributed by atoms with Crippen molar-refractivity contribution in [3.8, 4) is 6.07 Å². The molecule has 0 radical (unpaired) electrons. The number of hydrogen-bond donors (Lipinski definition) is 1. The second-order valence-electron chi connectivity index (χ2n) is 6.11. The number of Topliss-reactive ketones (excluding diaryl/α,β-unsaturated/α-hetero) is 1. The minimum Gasteiger partial charge on any atom is -0.329 e. The first kappa shape index (κ1) is 15.9. The fourth-order valence-corrected chi connectivity index (χ4v) is 3.50. The number of hydrogen-bond acceptors (Lipinski definition) is 4. The third-order valence-electron chi connectivity index (χ3n) is 4.54. The molecule has 0 spiro atoms. The zero-order valence-electron chi connectivity index (χ0n) is 13.8. The van der Waals surface area contributed by atoms with Crippen molar-refractivity contribution in [2.75, 3.05) is 0 Å². The molecule has 1 aromatic carbocycles. The topological polar surface area (TPSA) is 86.1 Å². The van der Waals surface area contributed by atoms with Gasteiger partial charge in [-0.25, -0.2) is 0 Å². The molecule has 3 rings (SSSR count). The molecule has 0 aliphatic carbocycles. The molecule has 1 N–H and O–H groups in total. The predicted molar refractivity (Wildman–Crippen MR) is 91.7 cm³/mol. The van der Waals surface area contributed by atoms with Gasteiger partial charge in [-0.05, 0) is 50.1 Å². The number of ketones is 1. The Morgan fingerprint density at radius 2 is 2.04 bits per heavy atom. The molecule has 120 valence electrons. The standard InChI is InChI=1S/C19H17N3O2/c1-10-8-13(9-20)4-5-14(10)17-16(12(3)23)11(2)22-15-6-7-21-19(24)18(15)17/h4-8,16-17H,1-3H3,(H,21,24). The Morgan fingerprint density at radius 1 is 1.29 bits per heavy atom. The third-order valence-corrected chi connectivity index (χ3v) is 4.54. The molecule has 1 aliphatic rings. The Labute approximate surface area is 139 Å². The second kappa shape index (κ2) is 5.89. The van der Waals surface area contributed by atoms with Crippen LogP contribution in [-0.2, 0) is 4.79 Å². The number of aryl methyl sites for hydroxylation is 1. The van der Waals surface area contributed by atoms with E-state index in [4.69, 9.17) is 5.26 Å². The summed E-state index contributed by atoms with van der Waals surface area (Å²) in [6.45, 7) is 5.24. The van der Waals surface area contributed by atoms with E-state index in [2.05, 4.69) is 16.0 Å². The van der Waals surface area contributed by atoms with Gasteiger partial charge in [-0.2, -0.15) is 5.26 Å². The minimum absolute atomic E-state index is 0.0288. The van der Waals surface area contributed by atoms with E-state index in [1.165, 1.54) is 6.92 Å². The van der Waals surface area contributed by atoms with Gasteiger partial charge in [0, 0.05) is 17.8 Å². The van der Waals surface area contributed by atoms with E-state index >= 15 is 0 Å². The lowest BCUT2D eigenvalue weighted by Crippen LogP contribution is -2.34. The van der Waals surface area contributed by atoms with Gasteiger partial charge in [0.25, 0.3) is 5.56 Å². The zero-order chi connectivity index (χ0) is 17.4. The summed E-state index contributed by atoms with van der Waals surface area (Å²) in [4.78, 5) is 31.9. The Bertz CT molecular complexity index is 963. The van der Waals surface area contributed by atoms with Gasteiger partial charge >= 0.3 is 0 Å². The number of aromatic amines is 1. The Kier molecular flexibility index (Phi) is 3.90. The molecule has 0 fully saturated rings. The maximum Gasteiger partial charge on any atom is 0.253 e. The van der Waals surface area contributed by atoms with Crippen LogP contribution in [0.5, 0.6) is 0 Å². The van der Waals surface area contributed by atoms with Crippen molar-refractivity contribution in [1.29, 1.82) is 5.26 Å². The summed E-state index contributed by atoms with van der Waals surface area (Å²) in [7, 11) is 0. The van der Waals surface area contributed by atoms with Crippen LogP contribution in [0.3, 0.4) is 0 Å². The monoisotopic (exact) mass is 319 g/mol. The number of aromatic nitrogens is 1. The van der Waals surface area contributed by atoms with E-state index in [-0.39, 0.29) is 11.3 Å². The molecule has 1 aliphatic heterocycles. The Morgan fingerprint density at radius 3 is 2.67 bits per heavy atom. The number of pyridine rings is 1. The van der Waals surface area contributed by atoms with Gasteiger partial charge < -0.3 is 4.98 Å². The highest BCUT2D eigenvalue weighted by Crippen LogP contribution is 2.41. The van der Waals surface area contributed by atoms with Gasteiger partial charge in [0.1, 0.15) is 5.78 Å². The van der Waals surface area contributed by atoms with E-state index in [1.54, 1.807) is 24.4 Å². The van der Waals surface area contributed by atoms with Gasteiger partial charge in [-0.1, -0.05) is 6.07 Å². The number of carbonyl (C=O) groups is 1. The van der Waals surface area contributed by atoms with Gasteiger partial charge in [0.05, 0.1) is 28.8 Å². The van der Waals surface area contributed by atoms with Gasteiger partial charge in [0.15, 0.2) is 0 Å². The van der Waals surface area contributed by atoms with Crippen molar-refractivity contribution in [2.24, 2.45) is 10.9 Å². The highest BCUT2D eigenvalue weighted by molar-refractivity contribution is 6.06. The fraction of sp³-hybridized carbons (Fsp3) is 0.263. The van der Waals surface area contributed by atoms with Crippen LogP contribution < -0.4 is 5.56 Å². The van der Waals surface area contributed by atoms with Crippen molar-refractivity contribution >= 4 is 17.2 Å². The van der Waals surface area contributed by atoms with E-state index < -0.39 is 11.8 Å². The molecule has 0 bridgehead atoms. The molecule has 24 heavy (non-hydrogen) atoms. The van der Waals surface area contributed by atoms with Crippen molar-refractivity contribution in [3.63, 3.8) is 0 Å². The normalized spacial score (nSPS) is 19.2. The Hall–Kier alpha value is -3.00. The second-order valence-corrected chi connectivity index (χ2v) is 6.11. The molecule has 0 saturated carbocycles. The lowest BCUT2D eigenvalue weighted by molar-refractivity contribution is -0.119. The minimum atomic E-state index is -0.479. The van der Waals surface area contributed by atoms with Crippen LogP contribution in [0.15, 0.2) is 40.2 Å². The lowest BCUT2D eigenvalue weighted by Gasteiger charge is -2.31. The average Bonchev–Trinajstić information content (AvgIpc) is 2.53.